The van der Waals surface area contributed by atoms with Crippen LogP contribution in [0.2, 0.25) is 5.02 Å². The van der Waals surface area contributed by atoms with Crippen LogP contribution in [0.5, 0.6) is 0 Å². The van der Waals surface area contributed by atoms with Crippen molar-refractivity contribution in [2.75, 3.05) is 0 Å². The molecule has 0 bridgehead atoms. The third-order valence-electron chi connectivity index (χ3n) is 4.68. The van der Waals surface area contributed by atoms with E-state index >= 15 is 0 Å². The molecule has 164 valence electrons. The minimum absolute atomic E-state index is 0.227. The number of nitrogens with one attached hydrogen (secondary N) is 1. The van der Waals surface area contributed by atoms with E-state index in [-0.39, 0.29) is 18.1 Å². The molecule has 4 aromatic rings. The van der Waals surface area contributed by atoms with Crippen molar-refractivity contribution >= 4 is 29.3 Å². The lowest BCUT2D eigenvalue weighted by atomic mass is 10.2. The second kappa shape index (κ2) is 9.54. The number of nitrogens with zero attached hydrogens (tertiary/aromatic N) is 5. The minimum Gasteiger partial charge on any atom is -0.467 e. The number of carbonyl (C=O) groups is 1. The van der Waals surface area contributed by atoms with E-state index in [0.717, 1.165) is 22.6 Å². The van der Waals surface area contributed by atoms with Gasteiger partial charge in [0.2, 0.25) is 0 Å². The van der Waals surface area contributed by atoms with Gasteiger partial charge >= 0.3 is 0 Å². The number of hydrogen-bond donors (Lipinski definition) is 1. The van der Waals surface area contributed by atoms with Crippen LogP contribution in [-0.2, 0) is 12.3 Å². The molecule has 0 fully saturated rings. The molecule has 8 nitrogen and oxygen atoms in total. The number of thioether (sulfide) groups is 1. The highest BCUT2D eigenvalue weighted by Crippen LogP contribution is 2.25. The maximum Gasteiger partial charge on any atom is 0.274 e. The zero-order valence-corrected chi connectivity index (χ0v) is 19.4. The van der Waals surface area contributed by atoms with Gasteiger partial charge in [0.05, 0.1) is 24.2 Å². The molecule has 10 heteroatoms. The lowest BCUT2D eigenvalue weighted by Gasteiger charge is -2.10. The largest absolute Gasteiger partial charge is 0.467 e. The highest BCUT2D eigenvalue weighted by atomic mass is 35.5. The number of amides is 1. The lowest BCUT2D eigenvalue weighted by Crippen LogP contribution is -2.24. The van der Waals surface area contributed by atoms with Crippen LogP contribution in [0.4, 0.5) is 0 Å². The number of hydrogen-bond acceptors (Lipinski definition) is 7. The first-order valence-electron chi connectivity index (χ1n) is 9.87. The average Bonchev–Trinajstić information content (AvgIpc) is 3.42. The summed E-state index contributed by atoms with van der Waals surface area (Å²) >= 11 is 7.74. The summed E-state index contributed by atoms with van der Waals surface area (Å²) in [6.45, 7) is 6.02. The molecule has 0 spiro atoms. The van der Waals surface area contributed by atoms with Crippen LogP contribution >= 0.6 is 23.4 Å². The first kappa shape index (κ1) is 22.0. The van der Waals surface area contributed by atoms with Crippen molar-refractivity contribution < 1.29 is 9.21 Å². The molecule has 3 heterocycles. The molecule has 0 aliphatic carbocycles. The van der Waals surface area contributed by atoms with Crippen LogP contribution < -0.4 is 5.32 Å². The molecule has 1 amide bonds. The molecule has 0 saturated carbocycles. The number of halogens is 1. The predicted octanol–water partition coefficient (Wildman–Crippen LogP) is 4.45. The summed E-state index contributed by atoms with van der Waals surface area (Å²) in [5.41, 5.74) is 4.28. The summed E-state index contributed by atoms with van der Waals surface area (Å²) in [6, 6.07) is 11.1. The van der Waals surface area contributed by atoms with Crippen molar-refractivity contribution in [2.45, 2.75) is 38.2 Å². The molecule has 32 heavy (non-hydrogen) atoms. The summed E-state index contributed by atoms with van der Waals surface area (Å²) in [4.78, 5) is 21.9. The molecular formula is C22H21ClN6O2S. The van der Waals surface area contributed by atoms with Gasteiger partial charge in [0.25, 0.3) is 5.91 Å². The standard InChI is InChI=1S/C22H21ClN6O2S/c1-13-6-7-16(10-18(13)23)29-19(12-32-22-25-14(2)9-15(3)26-22)20(27-28-29)21(30)24-11-17-5-4-8-31-17/h4-10H,11-12H2,1-3H3,(H,24,30). The highest BCUT2D eigenvalue weighted by molar-refractivity contribution is 7.98. The van der Waals surface area contributed by atoms with Crippen molar-refractivity contribution in [3.8, 4) is 5.69 Å². The summed E-state index contributed by atoms with van der Waals surface area (Å²) < 4.78 is 6.91. The predicted molar refractivity (Wildman–Crippen MR) is 122 cm³/mol. The molecule has 1 aromatic carbocycles. The average molecular weight is 469 g/mol. The van der Waals surface area contributed by atoms with Gasteiger partial charge < -0.3 is 9.73 Å². The summed E-state index contributed by atoms with van der Waals surface area (Å²) in [7, 11) is 0. The third kappa shape index (κ3) is 5.00. The van der Waals surface area contributed by atoms with Crippen LogP contribution in [0.1, 0.15) is 38.9 Å². The molecule has 0 atom stereocenters. The first-order valence-corrected chi connectivity index (χ1v) is 11.2. The Morgan fingerprint density at radius 1 is 1.16 bits per heavy atom. The van der Waals surface area contributed by atoms with E-state index in [0.29, 0.717) is 27.4 Å². The van der Waals surface area contributed by atoms with Crippen molar-refractivity contribution in [1.82, 2.24) is 30.3 Å². The summed E-state index contributed by atoms with van der Waals surface area (Å²) in [6.07, 6.45) is 1.56. The van der Waals surface area contributed by atoms with Gasteiger partial charge in [-0.25, -0.2) is 14.6 Å². The van der Waals surface area contributed by atoms with Gasteiger partial charge in [-0.15, -0.1) is 5.10 Å². The molecule has 3 aromatic heterocycles. The Balaban J connectivity index is 1.65. The maximum absolute atomic E-state index is 12.9. The fourth-order valence-electron chi connectivity index (χ4n) is 3.08. The fourth-order valence-corrected chi connectivity index (χ4v) is 4.20. The van der Waals surface area contributed by atoms with Crippen LogP contribution in [0.3, 0.4) is 0 Å². The van der Waals surface area contributed by atoms with E-state index < -0.39 is 0 Å². The Bertz CT molecular complexity index is 1240. The second-order valence-electron chi connectivity index (χ2n) is 7.21. The fraction of sp³-hybridized carbons (Fsp3) is 0.227. The monoisotopic (exact) mass is 468 g/mol. The Kier molecular flexibility index (Phi) is 6.57. The Morgan fingerprint density at radius 2 is 1.94 bits per heavy atom. The van der Waals surface area contributed by atoms with Gasteiger partial charge in [-0.2, -0.15) is 0 Å². The van der Waals surface area contributed by atoms with Crippen LogP contribution in [0.25, 0.3) is 5.69 Å². The molecule has 0 aliphatic rings. The van der Waals surface area contributed by atoms with Gasteiger partial charge in [-0.3, -0.25) is 4.79 Å². The highest BCUT2D eigenvalue weighted by Gasteiger charge is 2.22. The zero-order chi connectivity index (χ0) is 22.7. The number of carbonyl (C=O) groups excluding carboxylic acids is 1. The number of rotatable bonds is 7. The smallest absolute Gasteiger partial charge is 0.274 e. The van der Waals surface area contributed by atoms with Crippen molar-refractivity contribution in [3.05, 3.63) is 81.8 Å². The number of aryl methyl sites for hydroxylation is 3. The van der Waals surface area contributed by atoms with Gasteiger partial charge in [-0.1, -0.05) is 34.6 Å². The molecule has 0 saturated heterocycles. The number of aromatic nitrogens is 5. The van der Waals surface area contributed by atoms with E-state index in [1.165, 1.54) is 11.8 Å². The van der Waals surface area contributed by atoms with E-state index in [1.54, 1.807) is 29.1 Å². The van der Waals surface area contributed by atoms with Crippen molar-refractivity contribution in [1.29, 1.82) is 0 Å². The van der Waals surface area contributed by atoms with Crippen molar-refractivity contribution in [2.24, 2.45) is 0 Å². The Hall–Kier alpha value is -3.17. The van der Waals surface area contributed by atoms with Crippen LogP contribution in [-0.4, -0.2) is 30.9 Å². The topological polar surface area (TPSA) is 98.7 Å². The molecule has 0 unspecified atom stereocenters. The zero-order valence-electron chi connectivity index (χ0n) is 17.8. The van der Waals surface area contributed by atoms with Gasteiger partial charge in [0, 0.05) is 22.2 Å². The lowest BCUT2D eigenvalue weighted by molar-refractivity contribution is 0.0942. The van der Waals surface area contributed by atoms with Crippen LogP contribution in [0, 0.1) is 20.8 Å². The van der Waals surface area contributed by atoms with E-state index in [2.05, 4.69) is 25.6 Å². The Labute approximate surface area is 194 Å². The maximum atomic E-state index is 12.9. The van der Waals surface area contributed by atoms with E-state index in [9.17, 15) is 4.79 Å². The molecule has 4 rings (SSSR count). The van der Waals surface area contributed by atoms with Crippen molar-refractivity contribution in [3.63, 3.8) is 0 Å². The molecule has 0 radical (unpaired) electrons. The summed E-state index contributed by atoms with van der Waals surface area (Å²) in [5.74, 6) is 0.698. The van der Waals surface area contributed by atoms with Crippen LogP contribution in [0.15, 0.2) is 52.2 Å². The van der Waals surface area contributed by atoms with E-state index in [4.69, 9.17) is 16.0 Å². The Morgan fingerprint density at radius 3 is 2.62 bits per heavy atom. The van der Waals surface area contributed by atoms with E-state index in [1.807, 2.05) is 39.0 Å². The quantitative estimate of drug-likeness (QED) is 0.316. The van der Waals surface area contributed by atoms with Gasteiger partial charge in [0.15, 0.2) is 10.9 Å². The summed E-state index contributed by atoms with van der Waals surface area (Å²) in [5, 5.41) is 12.5. The first-order chi connectivity index (χ1) is 15.4. The van der Waals surface area contributed by atoms with Gasteiger partial charge in [-0.05, 0) is 56.7 Å². The normalized spacial score (nSPS) is 11.0. The number of benzene rings is 1. The minimum atomic E-state index is -0.345. The number of furan rings is 1. The molecular weight excluding hydrogens is 448 g/mol. The second-order valence-corrected chi connectivity index (χ2v) is 8.56. The third-order valence-corrected chi connectivity index (χ3v) is 5.95. The molecule has 1 N–H and O–H groups in total. The molecule has 0 aliphatic heterocycles. The SMILES string of the molecule is Cc1cc(C)nc(SCc2c(C(=O)NCc3ccco3)nnn2-c2ccc(C)c(Cl)c2)n1. The van der Waals surface area contributed by atoms with Gasteiger partial charge in [0.1, 0.15) is 5.76 Å².